The number of aliphatic hydroxyl groups is 1. The minimum atomic E-state index is -0.918. The van der Waals surface area contributed by atoms with Crippen LogP contribution in [0.1, 0.15) is 55.5 Å². The molecule has 0 saturated carbocycles. The lowest BCUT2D eigenvalue weighted by Crippen LogP contribution is -2.47. The number of benzene rings is 1. The summed E-state index contributed by atoms with van der Waals surface area (Å²) in [7, 11) is 0. The number of rotatable bonds is 5. The third kappa shape index (κ3) is 5.14. The number of aryl methyl sites for hydroxylation is 3. The molecule has 0 fully saturated rings. The number of nitrogens with one attached hydrogen (secondary N) is 1. The maximum absolute atomic E-state index is 11.1. The van der Waals surface area contributed by atoms with Crippen LogP contribution >= 0.6 is 0 Å². The second-order valence-electron chi connectivity index (χ2n) is 6.86. The van der Waals surface area contributed by atoms with Crippen LogP contribution in [0.4, 0.5) is 0 Å². The second-order valence-corrected chi connectivity index (χ2v) is 6.86. The largest absolute Gasteiger partial charge is 0.481 e. The van der Waals surface area contributed by atoms with E-state index in [9.17, 15) is 9.90 Å². The lowest BCUT2D eigenvalue weighted by molar-refractivity contribution is -0.138. The Morgan fingerprint density at radius 2 is 1.67 bits per heavy atom. The first-order valence-electron chi connectivity index (χ1n) is 7.26. The Kier molecular flexibility index (Phi) is 5.54. The van der Waals surface area contributed by atoms with Crippen LogP contribution < -0.4 is 5.32 Å². The Morgan fingerprint density at radius 3 is 2.05 bits per heavy atom. The zero-order chi connectivity index (χ0) is 16.4. The van der Waals surface area contributed by atoms with E-state index >= 15 is 0 Å². The molecule has 0 amide bonds. The van der Waals surface area contributed by atoms with Gasteiger partial charge in [0.2, 0.25) is 0 Å². The van der Waals surface area contributed by atoms with Gasteiger partial charge in [-0.1, -0.05) is 17.7 Å². The highest BCUT2D eigenvalue weighted by atomic mass is 16.4. The van der Waals surface area contributed by atoms with Gasteiger partial charge in [-0.15, -0.1) is 0 Å². The van der Waals surface area contributed by atoms with Crippen molar-refractivity contribution in [1.29, 1.82) is 0 Å². The molecule has 3 N–H and O–H groups in total. The third-order valence-electron chi connectivity index (χ3n) is 3.43. The van der Waals surface area contributed by atoms with Gasteiger partial charge in [-0.3, -0.25) is 4.79 Å². The molecule has 1 aromatic rings. The van der Waals surface area contributed by atoms with Crippen molar-refractivity contribution < 1.29 is 15.0 Å². The molecule has 1 aromatic carbocycles. The van der Waals surface area contributed by atoms with Gasteiger partial charge in [0.05, 0.1) is 12.5 Å². The number of carbonyl (C=O) groups is 1. The average Bonchev–Trinajstić information content (AvgIpc) is 2.23. The van der Waals surface area contributed by atoms with Crippen molar-refractivity contribution in [2.24, 2.45) is 0 Å². The molecule has 0 radical (unpaired) electrons. The Morgan fingerprint density at radius 1 is 1.19 bits per heavy atom. The fourth-order valence-electron chi connectivity index (χ4n) is 2.84. The number of hydrogen-bond acceptors (Lipinski definition) is 3. The molecule has 0 aliphatic carbocycles. The molecule has 0 aliphatic rings. The summed E-state index contributed by atoms with van der Waals surface area (Å²) in [4.78, 5) is 11.1. The number of carboxylic acid groups (broad SMARTS) is 1. The van der Waals surface area contributed by atoms with Crippen molar-refractivity contribution in [3.05, 3.63) is 34.4 Å². The highest BCUT2D eigenvalue weighted by Crippen LogP contribution is 2.28. The van der Waals surface area contributed by atoms with Crippen molar-refractivity contribution in [2.75, 3.05) is 0 Å². The summed E-state index contributed by atoms with van der Waals surface area (Å²) >= 11 is 0. The smallest absolute Gasteiger partial charge is 0.305 e. The van der Waals surface area contributed by atoms with E-state index in [1.165, 1.54) is 0 Å². The summed E-state index contributed by atoms with van der Waals surface area (Å²) in [6.45, 7) is 11.8. The summed E-state index contributed by atoms with van der Waals surface area (Å²) in [6, 6.07) is 3.50. The van der Waals surface area contributed by atoms with Crippen molar-refractivity contribution in [1.82, 2.24) is 5.32 Å². The zero-order valence-corrected chi connectivity index (χ0v) is 13.8. The van der Waals surface area contributed by atoms with Gasteiger partial charge in [-0.25, -0.2) is 0 Å². The lowest BCUT2D eigenvalue weighted by Gasteiger charge is -2.32. The quantitative estimate of drug-likeness (QED) is 0.781. The summed E-state index contributed by atoms with van der Waals surface area (Å²) < 4.78 is 0. The van der Waals surface area contributed by atoms with Gasteiger partial charge in [0, 0.05) is 11.6 Å². The highest BCUT2D eigenvalue weighted by molar-refractivity contribution is 5.67. The van der Waals surface area contributed by atoms with E-state index in [-0.39, 0.29) is 12.0 Å². The van der Waals surface area contributed by atoms with E-state index in [1.807, 2.05) is 53.7 Å². The number of aliphatic hydroxyl groups excluding tert-OH is 1. The van der Waals surface area contributed by atoms with Crippen LogP contribution in [0.5, 0.6) is 0 Å². The van der Waals surface area contributed by atoms with Crippen molar-refractivity contribution in [3.63, 3.8) is 0 Å². The van der Waals surface area contributed by atoms with Gasteiger partial charge in [-0.05, 0) is 58.2 Å². The summed E-state index contributed by atoms with van der Waals surface area (Å²) in [5.41, 5.74) is 3.67. The van der Waals surface area contributed by atoms with Gasteiger partial charge in [0.1, 0.15) is 0 Å². The molecular formula is C17H27NO3. The molecule has 21 heavy (non-hydrogen) atoms. The van der Waals surface area contributed by atoms with Crippen LogP contribution in [-0.2, 0) is 4.79 Å². The Hall–Kier alpha value is -1.39. The van der Waals surface area contributed by atoms with Crippen molar-refractivity contribution in [3.8, 4) is 0 Å². The summed E-state index contributed by atoms with van der Waals surface area (Å²) in [5.74, 6) is -0.918. The minimum absolute atomic E-state index is 0.120. The van der Waals surface area contributed by atoms with E-state index in [2.05, 4.69) is 5.32 Å². The Labute approximate surface area is 127 Å². The van der Waals surface area contributed by atoms with Crippen LogP contribution in [0.2, 0.25) is 0 Å². The molecule has 0 aliphatic heterocycles. The Balaban J connectivity index is 3.16. The first-order valence-corrected chi connectivity index (χ1v) is 7.26. The first-order chi connectivity index (χ1) is 9.51. The molecule has 0 heterocycles. The van der Waals surface area contributed by atoms with Crippen LogP contribution in [0.3, 0.4) is 0 Å². The van der Waals surface area contributed by atoms with Gasteiger partial charge in [0.25, 0.3) is 0 Å². The van der Waals surface area contributed by atoms with Crippen LogP contribution in [0.15, 0.2) is 12.1 Å². The Bertz CT molecular complexity index is 494. The van der Waals surface area contributed by atoms with E-state index in [1.54, 1.807) is 0 Å². The van der Waals surface area contributed by atoms with E-state index < -0.39 is 18.1 Å². The van der Waals surface area contributed by atoms with Crippen LogP contribution in [0.25, 0.3) is 0 Å². The summed E-state index contributed by atoms with van der Waals surface area (Å²) in [6.07, 6.45) is -0.966. The lowest BCUT2D eigenvalue weighted by atomic mass is 9.89. The minimum Gasteiger partial charge on any atom is -0.481 e. The molecule has 118 valence electrons. The molecule has 0 spiro atoms. The molecule has 2 unspecified atom stereocenters. The van der Waals surface area contributed by atoms with Gasteiger partial charge in [-0.2, -0.15) is 0 Å². The standard InChI is InChI=1S/C17H27NO3/c1-10-7-11(2)15(12(3)8-10)16(21)13(9-14(19)20)18-17(4,5)6/h7-8,13,16,18,21H,9H2,1-6H3,(H,19,20). The normalized spacial score (nSPS) is 14.8. The van der Waals surface area contributed by atoms with Crippen LogP contribution in [0, 0.1) is 20.8 Å². The van der Waals surface area contributed by atoms with E-state index in [0.717, 1.165) is 22.3 Å². The maximum Gasteiger partial charge on any atom is 0.305 e. The average molecular weight is 293 g/mol. The molecule has 2 atom stereocenters. The molecule has 1 rings (SSSR count). The topological polar surface area (TPSA) is 69.6 Å². The molecule has 4 heteroatoms. The molecule has 0 aromatic heterocycles. The first kappa shape index (κ1) is 17.7. The summed E-state index contributed by atoms with van der Waals surface area (Å²) in [5, 5.41) is 23.1. The SMILES string of the molecule is Cc1cc(C)c(C(O)C(CC(=O)O)NC(C)(C)C)c(C)c1. The highest BCUT2D eigenvalue weighted by Gasteiger charge is 2.29. The van der Waals surface area contributed by atoms with E-state index in [4.69, 9.17) is 5.11 Å². The van der Waals surface area contributed by atoms with Crippen molar-refractivity contribution >= 4 is 5.97 Å². The molecule has 4 nitrogen and oxygen atoms in total. The predicted molar refractivity (Wildman–Crippen MR) is 84.5 cm³/mol. The number of carboxylic acids is 1. The van der Waals surface area contributed by atoms with Gasteiger partial charge in [0.15, 0.2) is 0 Å². The maximum atomic E-state index is 11.1. The second kappa shape index (κ2) is 6.58. The van der Waals surface area contributed by atoms with Gasteiger partial charge >= 0.3 is 5.97 Å². The predicted octanol–water partition coefficient (Wildman–Crippen LogP) is 2.88. The fraction of sp³-hybridized carbons (Fsp3) is 0.588. The van der Waals surface area contributed by atoms with Gasteiger partial charge < -0.3 is 15.5 Å². The monoisotopic (exact) mass is 293 g/mol. The molecule has 0 bridgehead atoms. The molecular weight excluding hydrogens is 266 g/mol. The van der Waals surface area contributed by atoms with Crippen LogP contribution in [-0.4, -0.2) is 27.8 Å². The fourth-order valence-corrected chi connectivity index (χ4v) is 2.84. The number of hydrogen-bond donors (Lipinski definition) is 3. The number of aliphatic carboxylic acids is 1. The van der Waals surface area contributed by atoms with E-state index in [0.29, 0.717) is 0 Å². The zero-order valence-electron chi connectivity index (χ0n) is 13.8. The third-order valence-corrected chi connectivity index (χ3v) is 3.43. The molecule has 0 saturated heterocycles. The van der Waals surface area contributed by atoms with Crippen molar-refractivity contribution in [2.45, 2.75) is 65.6 Å².